The SMILES string of the molecule is O=C(Nc1ccc(F)nc1F)c1cc(F)c(F)c(O)c1F. The van der Waals surface area contributed by atoms with Gasteiger partial charge in [0.05, 0.1) is 11.3 Å². The molecule has 0 saturated heterocycles. The molecular weight excluding hydrogens is 299 g/mol. The van der Waals surface area contributed by atoms with Crippen LogP contribution in [-0.2, 0) is 0 Å². The van der Waals surface area contributed by atoms with E-state index in [2.05, 4.69) is 4.98 Å². The minimum Gasteiger partial charge on any atom is -0.503 e. The Labute approximate surface area is 113 Å². The highest BCUT2D eigenvalue weighted by Crippen LogP contribution is 2.26. The quantitative estimate of drug-likeness (QED) is 0.509. The van der Waals surface area contributed by atoms with Crippen molar-refractivity contribution < 1.29 is 31.9 Å². The number of aromatic nitrogens is 1. The lowest BCUT2D eigenvalue weighted by Gasteiger charge is -2.08. The predicted octanol–water partition coefficient (Wildman–Crippen LogP) is 2.73. The number of nitrogens with zero attached hydrogens (tertiary/aromatic N) is 1. The molecule has 9 heteroatoms. The fourth-order valence-corrected chi connectivity index (χ4v) is 1.45. The van der Waals surface area contributed by atoms with E-state index in [0.717, 1.165) is 12.1 Å². The second-order valence-electron chi connectivity index (χ2n) is 3.81. The van der Waals surface area contributed by atoms with Gasteiger partial charge in [-0.3, -0.25) is 4.79 Å². The number of benzene rings is 1. The first kappa shape index (κ1) is 14.7. The Kier molecular flexibility index (Phi) is 3.74. The summed E-state index contributed by atoms with van der Waals surface area (Å²) in [4.78, 5) is 14.4. The van der Waals surface area contributed by atoms with E-state index < -0.39 is 52.3 Å². The molecule has 2 aromatic rings. The number of carbonyl (C=O) groups is 1. The van der Waals surface area contributed by atoms with Gasteiger partial charge in [-0.25, -0.2) is 8.78 Å². The van der Waals surface area contributed by atoms with Gasteiger partial charge in [0.2, 0.25) is 17.7 Å². The highest BCUT2D eigenvalue weighted by atomic mass is 19.2. The molecule has 0 spiro atoms. The summed E-state index contributed by atoms with van der Waals surface area (Å²) in [5.74, 6) is -10.9. The molecule has 2 rings (SSSR count). The molecule has 0 saturated carbocycles. The fourth-order valence-electron chi connectivity index (χ4n) is 1.45. The molecule has 1 amide bonds. The number of rotatable bonds is 2. The molecule has 1 heterocycles. The third kappa shape index (κ3) is 2.76. The van der Waals surface area contributed by atoms with Crippen molar-refractivity contribution in [2.75, 3.05) is 5.32 Å². The van der Waals surface area contributed by atoms with Crippen molar-refractivity contribution in [2.45, 2.75) is 0 Å². The van der Waals surface area contributed by atoms with Gasteiger partial charge in [0.1, 0.15) is 0 Å². The molecule has 0 aliphatic heterocycles. The number of carbonyl (C=O) groups excluding carboxylic acids is 1. The van der Waals surface area contributed by atoms with Crippen LogP contribution in [0.4, 0.5) is 27.6 Å². The number of phenols is 1. The van der Waals surface area contributed by atoms with Crippen LogP contribution < -0.4 is 5.32 Å². The van der Waals surface area contributed by atoms with Crippen molar-refractivity contribution in [1.82, 2.24) is 4.98 Å². The van der Waals surface area contributed by atoms with Crippen molar-refractivity contribution in [2.24, 2.45) is 0 Å². The first-order valence-corrected chi connectivity index (χ1v) is 5.31. The average molecular weight is 304 g/mol. The monoisotopic (exact) mass is 304 g/mol. The molecule has 0 radical (unpaired) electrons. The van der Waals surface area contributed by atoms with E-state index in [9.17, 15) is 26.7 Å². The van der Waals surface area contributed by atoms with Crippen molar-refractivity contribution in [1.29, 1.82) is 0 Å². The molecule has 1 aromatic heterocycles. The van der Waals surface area contributed by atoms with E-state index in [1.54, 1.807) is 5.32 Å². The molecule has 0 bridgehead atoms. The van der Waals surface area contributed by atoms with Gasteiger partial charge < -0.3 is 10.4 Å². The number of aromatic hydroxyl groups is 1. The van der Waals surface area contributed by atoms with E-state index in [4.69, 9.17) is 5.11 Å². The van der Waals surface area contributed by atoms with Crippen LogP contribution in [0.25, 0.3) is 0 Å². The summed E-state index contributed by atoms with van der Waals surface area (Å²) in [6.07, 6.45) is 0. The first-order valence-electron chi connectivity index (χ1n) is 5.31. The normalized spacial score (nSPS) is 10.5. The predicted molar refractivity (Wildman–Crippen MR) is 60.1 cm³/mol. The number of hydrogen-bond donors (Lipinski definition) is 2. The zero-order chi connectivity index (χ0) is 15.7. The number of anilines is 1. The number of hydrogen-bond acceptors (Lipinski definition) is 3. The number of nitrogens with one attached hydrogen (secondary N) is 1. The zero-order valence-electron chi connectivity index (χ0n) is 9.92. The van der Waals surface area contributed by atoms with Gasteiger partial charge in [-0.15, -0.1) is 0 Å². The number of halogens is 5. The minimum absolute atomic E-state index is 0.189. The van der Waals surface area contributed by atoms with E-state index in [1.807, 2.05) is 0 Å². The largest absolute Gasteiger partial charge is 0.503 e. The second kappa shape index (κ2) is 5.35. The smallest absolute Gasteiger partial charge is 0.259 e. The summed E-state index contributed by atoms with van der Waals surface area (Å²) in [5, 5.41) is 10.8. The van der Waals surface area contributed by atoms with Crippen LogP contribution in [-0.4, -0.2) is 16.0 Å². The van der Waals surface area contributed by atoms with Crippen LogP contribution >= 0.6 is 0 Å². The summed E-state index contributed by atoms with van der Waals surface area (Å²) in [6, 6.07) is 1.71. The number of phenolic OH excluding ortho intramolecular Hbond substituents is 1. The van der Waals surface area contributed by atoms with E-state index >= 15 is 0 Å². The Morgan fingerprint density at radius 1 is 1.10 bits per heavy atom. The first-order chi connectivity index (χ1) is 9.81. The molecule has 0 fully saturated rings. The summed E-state index contributed by atoms with van der Waals surface area (Å²) in [6.45, 7) is 0. The third-order valence-corrected chi connectivity index (χ3v) is 2.44. The van der Waals surface area contributed by atoms with Crippen LogP contribution in [0.5, 0.6) is 5.75 Å². The summed E-state index contributed by atoms with van der Waals surface area (Å²) in [5.41, 5.74) is -1.67. The van der Waals surface area contributed by atoms with Gasteiger partial charge in [-0.1, -0.05) is 0 Å². The van der Waals surface area contributed by atoms with Crippen LogP contribution in [0.1, 0.15) is 10.4 Å². The van der Waals surface area contributed by atoms with Crippen LogP contribution in [0.3, 0.4) is 0 Å². The molecule has 0 aliphatic rings. The molecule has 2 N–H and O–H groups in total. The molecule has 110 valence electrons. The maximum Gasteiger partial charge on any atom is 0.259 e. The summed E-state index contributed by atoms with van der Waals surface area (Å²) >= 11 is 0. The lowest BCUT2D eigenvalue weighted by molar-refractivity contribution is 0.102. The van der Waals surface area contributed by atoms with E-state index in [1.165, 1.54) is 0 Å². The molecular formula is C12H5F5N2O2. The lowest BCUT2D eigenvalue weighted by Crippen LogP contribution is -2.16. The van der Waals surface area contributed by atoms with Crippen molar-refractivity contribution in [3.8, 4) is 5.75 Å². The van der Waals surface area contributed by atoms with E-state index in [0.29, 0.717) is 0 Å². The van der Waals surface area contributed by atoms with Crippen LogP contribution in [0, 0.1) is 29.3 Å². The van der Waals surface area contributed by atoms with Crippen molar-refractivity contribution in [3.05, 3.63) is 53.1 Å². The minimum atomic E-state index is -1.86. The lowest BCUT2D eigenvalue weighted by atomic mass is 10.1. The molecule has 21 heavy (non-hydrogen) atoms. The fraction of sp³-hybridized carbons (Fsp3) is 0. The van der Waals surface area contributed by atoms with E-state index in [-0.39, 0.29) is 6.07 Å². The van der Waals surface area contributed by atoms with Gasteiger partial charge >= 0.3 is 0 Å². The maximum atomic E-state index is 13.5. The Hall–Kier alpha value is -2.71. The van der Waals surface area contributed by atoms with Gasteiger partial charge in [0.25, 0.3) is 5.91 Å². The molecule has 4 nitrogen and oxygen atoms in total. The summed E-state index contributed by atoms with van der Waals surface area (Å²) in [7, 11) is 0. The Balaban J connectivity index is 2.37. The van der Waals surface area contributed by atoms with Crippen molar-refractivity contribution >= 4 is 11.6 Å². The highest BCUT2D eigenvalue weighted by molar-refractivity contribution is 6.04. The van der Waals surface area contributed by atoms with Crippen LogP contribution in [0.2, 0.25) is 0 Å². The average Bonchev–Trinajstić information content (AvgIpc) is 2.43. The highest BCUT2D eigenvalue weighted by Gasteiger charge is 2.23. The van der Waals surface area contributed by atoms with Crippen molar-refractivity contribution in [3.63, 3.8) is 0 Å². The zero-order valence-corrected chi connectivity index (χ0v) is 9.92. The molecule has 0 aliphatic carbocycles. The standard InChI is InChI=1S/C12H5F5N2O2/c13-5-3-4(8(15)10(20)9(5)16)12(21)18-6-1-2-7(14)19-11(6)17/h1-3,20H,(H,18,21). The Morgan fingerprint density at radius 2 is 1.76 bits per heavy atom. The van der Waals surface area contributed by atoms with Gasteiger partial charge in [-0.05, 0) is 18.2 Å². The summed E-state index contributed by atoms with van der Waals surface area (Å²) < 4.78 is 65.2. The number of amides is 1. The second-order valence-corrected chi connectivity index (χ2v) is 3.81. The topological polar surface area (TPSA) is 62.2 Å². The Morgan fingerprint density at radius 3 is 2.38 bits per heavy atom. The third-order valence-electron chi connectivity index (χ3n) is 2.44. The molecule has 0 atom stereocenters. The maximum absolute atomic E-state index is 13.5. The Bertz CT molecular complexity index is 736. The van der Waals surface area contributed by atoms with Gasteiger partial charge in [0, 0.05) is 0 Å². The molecule has 0 unspecified atom stereocenters. The van der Waals surface area contributed by atoms with Crippen LogP contribution in [0.15, 0.2) is 18.2 Å². The van der Waals surface area contributed by atoms with Gasteiger partial charge in [0.15, 0.2) is 17.4 Å². The number of pyridine rings is 1. The van der Waals surface area contributed by atoms with Gasteiger partial charge in [-0.2, -0.15) is 18.2 Å². The molecule has 1 aromatic carbocycles.